The van der Waals surface area contributed by atoms with Crippen molar-refractivity contribution < 1.29 is 40.9 Å². The van der Waals surface area contributed by atoms with Crippen molar-refractivity contribution in [2.24, 2.45) is 0 Å². The number of H-pyrrole nitrogens is 8. The number of aryl methyl sites for hydroxylation is 4. The topological polar surface area (TPSA) is 297 Å². The summed E-state index contributed by atoms with van der Waals surface area (Å²) in [4.78, 5) is 31.0. The Morgan fingerprint density at radius 3 is 0.928 bits per heavy atom. The Morgan fingerprint density at radius 2 is 0.632 bits per heavy atom. The van der Waals surface area contributed by atoms with Crippen molar-refractivity contribution in [3.05, 3.63) is 231 Å². The van der Waals surface area contributed by atoms with Crippen molar-refractivity contribution in [1.29, 1.82) is 0 Å². The molecule has 0 radical (unpaired) electrons. The number of nitrogens with zero attached hydrogens (tertiary/aromatic N) is 13. The number of rotatable bonds is 17. The van der Waals surface area contributed by atoms with Crippen molar-refractivity contribution in [2.45, 2.75) is 59.4 Å². The first kappa shape index (κ1) is 78.5. The van der Waals surface area contributed by atoms with Crippen molar-refractivity contribution in [3.8, 4) is 23.0 Å². The molecule has 0 bridgehead atoms. The summed E-state index contributed by atoms with van der Waals surface area (Å²) in [6.07, 6.45) is 0.469. The molecule has 0 saturated carbocycles. The van der Waals surface area contributed by atoms with Crippen LogP contribution in [-0.2, 0) is 19.6 Å². The average molecular weight is 1760 g/mol. The van der Waals surface area contributed by atoms with Crippen LogP contribution >= 0.6 is 46.4 Å². The number of hydrogen-bond acceptors (Lipinski definition) is 14. The molecule has 34 heteroatoms. The monoisotopic (exact) mass is 1760 g/mol. The lowest BCUT2D eigenvalue weighted by Gasteiger charge is -2.15. The van der Waals surface area contributed by atoms with Gasteiger partial charge in [0.25, 0.3) is 0 Å². The Bertz CT molecular complexity index is 7840. The molecule has 0 spiro atoms. The Morgan fingerprint density at radius 1 is 0.336 bits per heavy atom. The molecule has 24 rings (SSSR count). The minimum Gasteiger partial charge on any atom is -0.489 e. The second kappa shape index (κ2) is 31.8. The quantitative estimate of drug-likeness (QED) is 0.0311. The maximum Gasteiger partial charge on any atom is 0.171 e. The molecule has 11 aromatic heterocycles. The lowest BCUT2D eigenvalue weighted by atomic mass is 10.1. The van der Waals surface area contributed by atoms with Gasteiger partial charge in [-0.25, -0.2) is 31.3 Å². The van der Waals surface area contributed by atoms with Gasteiger partial charge < -0.3 is 58.8 Å². The van der Waals surface area contributed by atoms with E-state index in [0.29, 0.717) is 109 Å². The standard InChI is InChI=1S/C24H20F3N3O.C23H18F2N6O.2C22H16Cl2N6O/c25-13-1-3-20-16(9-13)18-11-19-17-10-14(26)2-4-21(17)29-23(19)24(22(18)28-20)31-8-7-30-6-5-15(27)12-30;1-12-28-29-30-31(12)7-2-8-32-23-21-17(15-9-13(24)3-5-19(15)26-21)11-18-16-10-14(25)4-6-20(16)27-22(18)23;1-11-27-28-29-30(11)6-7-31-22-20-16(14-8-12(23)2-4-18(14)25-20)10-17-15-9-13(24)3-5-19(15)26-21(17)22;1-11-27-29-30(28-11)6-7-31-22-20-16(14-8-12(23)2-4-18(14)25-20)10-17-15-9-13(24)3-5-19(15)26-21(17)22/h1-4,9-11,15,28-29H,5-8,12H2;3-6,9-11,26-27H,2,7-8H2,1H3;2*2-5,8-10,25-26H,6-7H2,1H3/t15-;;;/m1.../s1. The molecule has 1 aliphatic heterocycles. The summed E-state index contributed by atoms with van der Waals surface area (Å²) in [6.45, 7) is 10.5. The molecule has 12 heterocycles. The number of fused-ring (bicyclic) bond motifs is 24. The first-order valence-electron chi connectivity index (χ1n) is 40.3. The zero-order chi connectivity index (χ0) is 85.2. The number of aromatic amines is 8. The molecule has 0 aliphatic carbocycles. The Labute approximate surface area is 721 Å². The van der Waals surface area contributed by atoms with E-state index in [2.05, 4.69) is 98.5 Å². The predicted octanol–water partition coefficient (Wildman–Crippen LogP) is 21.9. The second-order valence-corrected chi connectivity index (χ2v) is 32.7. The second-order valence-electron chi connectivity index (χ2n) is 31.0. The SMILES string of the molecule is Cc1nnn(CCOc2c3[nH]c4ccc(Cl)cc4c3cc3c2[nH]c2ccc(Cl)cc23)n1.Cc1nnnn1CCCOc1c2[nH]c3ccc(F)cc3c2cc2c1[nH]c1ccc(F)cc12.Cc1nnnn1CCOc1c2[nH]c3ccc(Cl)cc3c2cc2c1[nH]c1ccc(Cl)cc12.Fc1ccc2[nH]c3c(OCCN4CC[C@@H](F)C4)c4[nH]c5ccc(F)cc5c4cc3c2c1. The number of likely N-dealkylation sites (tertiary alicyclic amines) is 1. The highest BCUT2D eigenvalue weighted by Gasteiger charge is 2.27. The first-order valence-corrected chi connectivity index (χ1v) is 41.8. The van der Waals surface area contributed by atoms with E-state index in [1.165, 1.54) is 53.3 Å². The van der Waals surface area contributed by atoms with Crippen LogP contribution in [0, 0.1) is 44.0 Å². The van der Waals surface area contributed by atoms with Crippen LogP contribution in [0.3, 0.4) is 0 Å². The largest absolute Gasteiger partial charge is 0.489 e. The molecule has 125 heavy (non-hydrogen) atoms. The van der Waals surface area contributed by atoms with Gasteiger partial charge in [-0.2, -0.15) is 4.80 Å². The average Bonchev–Trinajstić information content (AvgIpc) is 1.59. The van der Waals surface area contributed by atoms with Crippen LogP contribution in [0.25, 0.3) is 174 Å². The number of ether oxygens (including phenoxy) is 4. The summed E-state index contributed by atoms with van der Waals surface area (Å²) in [6, 6.07) is 50.0. The number of nitrogens with one attached hydrogen (secondary N) is 8. The summed E-state index contributed by atoms with van der Waals surface area (Å²) < 4.78 is 98.0. The van der Waals surface area contributed by atoms with Crippen LogP contribution in [0.2, 0.25) is 20.1 Å². The molecule has 0 amide bonds. The molecule has 1 aliphatic rings. The summed E-state index contributed by atoms with van der Waals surface area (Å²) in [5.74, 6) is 3.55. The molecule has 23 aromatic rings. The van der Waals surface area contributed by atoms with Gasteiger partial charge in [0.05, 0.1) is 63.8 Å². The summed E-state index contributed by atoms with van der Waals surface area (Å²) >= 11 is 25.2. The summed E-state index contributed by atoms with van der Waals surface area (Å²) in [5.41, 5.74) is 13.9. The third-order valence-electron chi connectivity index (χ3n) is 23.1. The van der Waals surface area contributed by atoms with Crippen LogP contribution in [-0.4, -0.2) is 158 Å². The van der Waals surface area contributed by atoms with Crippen molar-refractivity contribution in [3.63, 3.8) is 0 Å². The lowest BCUT2D eigenvalue weighted by molar-refractivity contribution is 0.227. The first-order chi connectivity index (χ1) is 60.8. The molecule has 1 saturated heterocycles. The minimum absolute atomic E-state index is 0.317. The Balaban J connectivity index is 0.000000102. The van der Waals surface area contributed by atoms with Crippen LogP contribution in [0.5, 0.6) is 23.0 Å². The van der Waals surface area contributed by atoms with E-state index in [1.807, 2.05) is 104 Å². The molecular formula is C91H70Cl4F5N21O4. The van der Waals surface area contributed by atoms with Gasteiger partial charge in [-0.3, -0.25) is 4.90 Å². The fourth-order valence-corrected chi connectivity index (χ4v) is 17.9. The molecular weight excluding hydrogens is 1690 g/mol. The van der Waals surface area contributed by atoms with E-state index in [-0.39, 0.29) is 23.3 Å². The van der Waals surface area contributed by atoms with Crippen molar-refractivity contribution in [2.75, 3.05) is 46.1 Å². The van der Waals surface area contributed by atoms with Crippen LogP contribution in [0.4, 0.5) is 22.0 Å². The fraction of sp³-hybridized carbons (Fsp3) is 0.176. The van der Waals surface area contributed by atoms with Gasteiger partial charge >= 0.3 is 0 Å². The molecule has 1 fully saturated rings. The highest BCUT2D eigenvalue weighted by molar-refractivity contribution is 6.35. The summed E-state index contributed by atoms with van der Waals surface area (Å²) in [5, 5.41) is 52.6. The molecule has 626 valence electrons. The maximum atomic E-state index is 14.0. The Kier molecular flexibility index (Phi) is 20.0. The third kappa shape index (κ3) is 14.6. The van der Waals surface area contributed by atoms with E-state index >= 15 is 0 Å². The molecule has 12 aromatic carbocycles. The molecule has 25 nitrogen and oxygen atoms in total. The normalized spacial score (nSPS) is 13.4. The third-order valence-corrected chi connectivity index (χ3v) is 24.0. The number of alkyl halides is 1. The predicted molar refractivity (Wildman–Crippen MR) is 481 cm³/mol. The van der Waals surface area contributed by atoms with Gasteiger partial charge in [-0.15, -0.1) is 20.4 Å². The van der Waals surface area contributed by atoms with E-state index in [1.54, 1.807) is 40.6 Å². The van der Waals surface area contributed by atoms with Gasteiger partial charge in [-0.1, -0.05) is 46.4 Å². The van der Waals surface area contributed by atoms with Gasteiger partial charge in [0.2, 0.25) is 0 Å². The van der Waals surface area contributed by atoms with E-state index in [9.17, 15) is 22.0 Å². The van der Waals surface area contributed by atoms with Crippen molar-refractivity contribution in [1.82, 2.24) is 105 Å². The number of tetrazole rings is 3. The van der Waals surface area contributed by atoms with Gasteiger partial charge in [0.15, 0.2) is 28.8 Å². The van der Waals surface area contributed by atoms with Crippen LogP contribution < -0.4 is 18.9 Å². The smallest absolute Gasteiger partial charge is 0.171 e. The van der Waals surface area contributed by atoms with E-state index in [0.717, 1.165) is 204 Å². The van der Waals surface area contributed by atoms with Crippen molar-refractivity contribution >= 4 is 221 Å². The number of hydrogen-bond donors (Lipinski definition) is 8. The van der Waals surface area contributed by atoms with Gasteiger partial charge in [0, 0.05) is 183 Å². The zero-order valence-corrected chi connectivity index (χ0v) is 69.6. The lowest BCUT2D eigenvalue weighted by Crippen LogP contribution is -2.26. The van der Waals surface area contributed by atoms with Crippen LogP contribution in [0.1, 0.15) is 30.3 Å². The number of benzene rings is 12. The molecule has 0 unspecified atom stereocenters. The molecule has 1 atom stereocenters. The van der Waals surface area contributed by atoms with Gasteiger partial charge in [-0.05, 0) is 223 Å². The maximum absolute atomic E-state index is 14.0. The fourth-order valence-electron chi connectivity index (χ4n) is 17.2. The molecule has 8 N–H and O–H groups in total. The highest BCUT2D eigenvalue weighted by atomic mass is 35.5. The zero-order valence-electron chi connectivity index (χ0n) is 66.6. The van der Waals surface area contributed by atoms with Gasteiger partial charge in [0.1, 0.15) is 60.9 Å². The van der Waals surface area contributed by atoms with E-state index in [4.69, 9.17) is 65.4 Å². The van der Waals surface area contributed by atoms with Crippen LogP contribution in [0.15, 0.2) is 170 Å². The minimum atomic E-state index is -0.776. The number of halogens is 9. The number of aromatic nitrogens is 20. The van der Waals surface area contributed by atoms with E-state index < -0.39 is 6.17 Å². The summed E-state index contributed by atoms with van der Waals surface area (Å²) in [7, 11) is 0. The highest BCUT2D eigenvalue weighted by Crippen LogP contribution is 2.47. The Hall–Kier alpha value is -13.8.